The number of nitrogens with zero attached hydrogens (tertiary/aromatic N) is 2. The third-order valence-electron chi connectivity index (χ3n) is 4.58. The minimum absolute atomic E-state index is 0.0559. The molecule has 7 nitrogen and oxygen atoms in total. The second-order valence-corrected chi connectivity index (χ2v) is 6.27. The topological polar surface area (TPSA) is 85.1 Å². The fraction of sp³-hybridized carbons (Fsp3) is 0.875. The predicted molar refractivity (Wildman–Crippen MR) is 85.8 cm³/mol. The molecule has 0 aromatic rings. The average Bonchev–Trinajstić information content (AvgIpc) is 2.94. The molecule has 2 aliphatic heterocycles. The fourth-order valence-corrected chi connectivity index (χ4v) is 3.19. The molecule has 2 heterocycles. The second kappa shape index (κ2) is 9.20. The third kappa shape index (κ3) is 5.16. The van der Waals surface area contributed by atoms with Crippen molar-refractivity contribution in [2.24, 2.45) is 11.7 Å². The molecule has 2 fully saturated rings. The first kappa shape index (κ1) is 18.2. The molecule has 2 amide bonds. The molecule has 0 saturated carbocycles. The molecular formula is C16H29N3O4. The monoisotopic (exact) mass is 327 g/mol. The first-order valence-electron chi connectivity index (χ1n) is 8.53. The van der Waals surface area contributed by atoms with Crippen LogP contribution in [0.5, 0.6) is 0 Å². The van der Waals surface area contributed by atoms with Gasteiger partial charge in [-0.2, -0.15) is 0 Å². The minimum Gasteiger partial charge on any atom is -0.383 e. The molecule has 2 saturated heterocycles. The van der Waals surface area contributed by atoms with Gasteiger partial charge in [-0.3, -0.25) is 9.59 Å². The van der Waals surface area contributed by atoms with Crippen molar-refractivity contribution in [3.8, 4) is 0 Å². The highest BCUT2D eigenvalue weighted by Crippen LogP contribution is 2.23. The van der Waals surface area contributed by atoms with E-state index in [1.165, 1.54) is 0 Å². The summed E-state index contributed by atoms with van der Waals surface area (Å²) in [7, 11) is 1.61. The summed E-state index contributed by atoms with van der Waals surface area (Å²) in [6.07, 6.45) is 3.17. The standard InChI is InChI=1S/C16H29N3O4/c1-22-10-8-19-12-13(11-15(19)20)16(21)18-6-3-14(4-7-18)23-9-2-5-17/h13-14H,2-12,17H2,1H3. The number of likely N-dealkylation sites (tertiary alicyclic amines) is 2. The van der Waals surface area contributed by atoms with Gasteiger partial charge < -0.3 is 25.0 Å². The normalized spacial score (nSPS) is 22.9. The van der Waals surface area contributed by atoms with E-state index in [9.17, 15) is 9.59 Å². The number of nitrogens with two attached hydrogens (primary N) is 1. The van der Waals surface area contributed by atoms with Crippen molar-refractivity contribution < 1.29 is 19.1 Å². The van der Waals surface area contributed by atoms with Crippen molar-refractivity contribution in [1.82, 2.24) is 9.80 Å². The highest BCUT2D eigenvalue weighted by molar-refractivity contribution is 5.89. The van der Waals surface area contributed by atoms with Gasteiger partial charge in [-0.15, -0.1) is 0 Å². The molecule has 0 bridgehead atoms. The van der Waals surface area contributed by atoms with Gasteiger partial charge >= 0.3 is 0 Å². The Hall–Kier alpha value is -1.18. The lowest BCUT2D eigenvalue weighted by molar-refractivity contribution is -0.138. The summed E-state index contributed by atoms with van der Waals surface area (Å²) in [5.41, 5.74) is 5.46. The smallest absolute Gasteiger partial charge is 0.227 e. The highest BCUT2D eigenvalue weighted by Gasteiger charge is 2.37. The summed E-state index contributed by atoms with van der Waals surface area (Å²) < 4.78 is 10.8. The van der Waals surface area contributed by atoms with Gasteiger partial charge in [-0.1, -0.05) is 0 Å². The van der Waals surface area contributed by atoms with Gasteiger partial charge in [0.1, 0.15) is 0 Å². The quantitative estimate of drug-likeness (QED) is 0.626. The van der Waals surface area contributed by atoms with Crippen molar-refractivity contribution in [2.75, 3.05) is 53.0 Å². The summed E-state index contributed by atoms with van der Waals surface area (Å²) in [4.78, 5) is 28.2. The van der Waals surface area contributed by atoms with E-state index in [-0.39, 0.29) is 23.8 Å². The summed E-state index contributed by atoms with van der Waals surface area (Å²) in [5.74, 6) is -0.0341. The molecule has 0 aliphatic carbocycles. The predicted octanol–water partition coefficient (Wildman–Crippen LogP) is -0.162. The maximum Gasteiger partial charge on any atom is 0.227 e. The van der Waals surface area contributed by atoms with Gasteiger partial charge in [0.15, 0.2) is 0 Å². The van der Waals surface area contributed by atoms with Crippen LogP contribution in [0.25, 0.3) is 0 Å². The zero-order valence-corrected chi connectivity index (χ0v) is 14.0. The molecule has 0 radical (unpaired) electrons. The van der Waals surface area contributed by atoms with Crippen LogP contribution in [0.15, 0.2) is 0 Å². The van der Waals surface area contributed by atoms with Crippen molar-refractivity contribution >= 4 is 11.8 Å². The lowest BCUT2D eigenvalue weighted by atomic mass is 10.0. The highest BCUT2D eigenvalue weighted by atomic mass is 16.5. The Morgan fingerprint density at radius 2 is 2.04 bits per heavy atom. The molecule has 7 heteroatoms. The third-order valence-corrected chi connectivity index (χ3v) is 4.58. The summed E-state index contributed by atoms with van der Waals surface area (Å²) in [5, 5.41) is 0. The van der Waals surface area contributed by atoms with E-state index in [0.717, 1.165) is 32.4 Å². The molecule has 2 rings (SSSR count). The first-order valence-corrected chi connectivity index (χ1v) is 8.53. The minimum atomic E-state index is -0.200. The molecule has 0 aromatic heterocycles. The lowest BCUT2D eigenvalue weighted by Gasteiger charge is -2.33. The van der Waals surface area contributed by atoms with Crippen LogP contribution in [0.4, 0.5) is 0 Å². The molecule has 1 atom stereocenters. The van der Waals surface area contributed by atoms with Gasteiger partial charge in [-0.25, -0.2) is 0 Å². The molecule has 2 aliphatic rings. The second-order valence-electron chi connectivity index (χ2n) is 6.27. The van der Waals surface area contributed by atoms with Crippen LogP contribution in [0.3, 0.4) is 0 Å². The number of piperidine rings is 1. The fourth-order valence-electron chi connectivity index (χ4n) is 3.19. The van der Waals surface area contributed by atoms with Gasteiger partial charge in [-0.05, 0) is 25.8 Å². The number of hydrogen-bond acceptors (Lipinski definition) is 5. The number of carbonyl (C=O) groups is 2. The van der Waals surface area contributed by atoms with E-state index < -0.39 is 0 Å². The Bertz CT molecular complexity index is 397. The molecule has 0 aromatic carbocycles. The van der Waals surface area contributed by atoms with E-state index in [4.69, 9.17) is 15.2 Å². The first-order chi connectivity index (χ1) is 11.2. The lowest BCUT2D eigenvalue weighted by Crippen LogP contribution is -2.44. The maximum atomic E-state index is 12.6. The van der Waals surface area contributed by atoms with Crippen LogP contribution in [0.1, 0.15) is 25.7 Å². The number of rotatable bonds is 8. The van der Waals surface area contributed by atoms with Gasteiger partial charge in [0.25, 0.3) is 0 Å². The number of hydrogen-bond donors (Lipinski definition) is 1. The Labute approximate surface area is 138 Å². The maximum absolute atomic E-state index is 12.6. The Morgan fingerprint density at radius 3 is 2.70 bits per heavy atom. The molecule has 2 N–H and O–H groups in total. The molecule has 1 unspecified atom stereocenters. The summed E-state index contributed by atoms with van der Waals surface area (Å²) >= 11 is 0. The van der Waals surface area contributed by atoms with Crippen LogP contribution in [0.2, 0.25) is 0 Å². The van der Waals surface area contributed by atoms with Gasteiger partial charge in [0, 0.05) is 46.3 Å². The Kier molecular flexibility index (Phi) is 7.26. The molecule has 23 heavy (non-hydrogen) atoms. The number of amides is 2. The summed E-state index contributed by atoms with van der Waals surface area (Å²) in [6, 6.07) is 0. The largest absolute Gasteiger partial charge is 0.383 e. The number of methoxy groups -OCH3 is 1. The van der Waals surface area contributed by atoms with Crippen molar-refractivity contribution in [3.63, 3.8) is 0 Å². The van der Waals surface area contributed by atoms with Crippen molar-refractivity contribution in [3.05, 3.63) is 0 Å². The zero-order valence-electron chi connectivity index (χ0n) is 14.0. The molecular weight excluding hydrogens is 298 g/mol. The van der Waals surface area contributed by atoms with Crippen LogP contribution >= 0.6 is 0 Å². The SMILES string of the molecule is COCCN1CC(C(=O)N2CCC(OCCCN)CC2)CC1=O. The van der Waals surface area contributed by atoms with E-state index in [0.29, 0.717) is 39.3 Å². The number of ether oxygens (including phenoxy) is 2. The summed E-state index contributed by atoms with van der Waals surface area (Å²) in [6.45, 7) is 4.37. The molecule has 0 spiro atoms. The molecule has 132 valence electrons. The Balaban J connectivity index is 1.73. The van der Waals surface area contributed by atoms with Gasteiger partial charge in [0.2, 0.25) is 11.8 Å². The van der Waals surface area contributed by atoms with Gasteiger partial charge in [0.05, 0.1) is 18.6 Å². The Morgan fingerprint density at radius 1 is 1.30 bits per heavy atom. The zero-order chi connectivity index (χ0) is 16.7. The van der Waals surface area contributed by atoms with E-state index in [1.807, 2.05) is 4.90 Å². The van der Waals surface area contributed by atoms with Crippen LogP contribution in [0, 0.1) is 5.92 Å². The van der Waals surface area contributed by atoms with E-state index in [1.54, 1.807) is 12.0 Å². The number of carbonyl (C=O) groups excluding carboxylic acids is 2. The van der Waals surface area contributed by atoms with Crippen molar-refractivity contribution in [2.45, 2.75) is 31.8 Å². The average molecular weight is 327 g/mol. The van der Waals surface area contributed by atoms with Crippen LogP contribution in [-0.4, -0.2) is 80.8 Å². The van der Waals surface area contributed by atoms with Crippen LogP contribution < -0.4 is 5.73 Å². The van der Waals surface area contributed by atoms with Crippen molar-refractivity contribution in [1.29, 1.82) is 0 Å². The van der Waals surface area contributed by atoms with E-state index >= 15 is 0 Å². The van der Waals surface area contributed by atoms with Crippen LogP contribution in [-0.2, 0) is 19.1 Å². The van der Waals surface area contributed by atoms with E-state index in [2.05, 4.69) is 0 Å².